The summed E-state index contributed by atoms with van der Waals surface area (Å²) in [6, 6.07) is 9.18. The Balaban J connectivity index is 2.87. The molecule has 0 heterocycles. The van der Waals surface area contributed by atoms with Gasteiger partial charge in [-0.05, 0) is 37.9 Å². The first kappa shape index (κ1) is 17.4. The lowest BCUT2D eigenvalue weighted by Gasteiger charge is -2.18. The van der Waals surface area contributed by atoms with Gasteiger partial charge >= 0.3 is 0 Å². The average Bonchev–Trinajstić information content (AvgIpc) is 2.35. The van der Waals surface area contributed by atoms with Gasteiger partial charge in [0.1, 0.15) is 0 Å². The molecule has 0 fully saturated rings. The van der Waals surface area contributed by atoms with E-state index < -0.39 is 18.9 Å². The molecular formula is C17H28OSSi. The summed E-state index contributed by atoms with van der Waals surface area (Å²) in [5, 5.41) is 2.01. The van der Waals surface area contributed by atoms with E-state index in [4.69, 9.17) is 0 Å². The Hall–Kier alpha value is -0.673. The zero-order chi connectivity index (χ0) is 15.2. The van der Waals surface area contributed by atoms with Crippen LogP contribution in [0.4, 0.5) is 0 Å². The van der Waals surface area contributed by atoms with Gasteiger partial charge in [0.25, 0.3) is 0 Å². The van der Waals surface area contributed by atoms with Crippen molar-refractivity contribution in [3.05, 3.63) is 40.8 Å². The van der Waals surface area contributed by atoms with Crippen LogP contribution in [0.3, 0.4) is 0 Å². The van der Waals surface area contributed by atoms with Gasteiger partial charge in [-0.2, -0.15) is 0 Å². The Bertz CT molecular complexity index is 469. The molecule has 0 aliphatic carbocycles. The van der Waals surface area contributed by atoms with E-state index in [1.807, 2.05) is 29.7 Å². The van der Waals surface area contributed by atoms with Crippen molar-refractivity contribution in [1.29, 1.82) is 0 Å². The van der Waals surface area contributed by atoms with E-state index in [2.05, 4.69) is 33.5 Å². The average molecular weight is 309 g/mol. The first-order valence-electron chi connectivity index (χ1n) is 7.48. The van der Waals surface area contributed by atoms with Crippen molar-refractivity contribution in [2.45, 2.75) is 63.7 Å². The lowest BCUT2D eigenvalue weighted by molar-refractivity contribution is 0.687. The predicted molar refractivity (Wildman–Crippen MR) is 93.3 cm³/mol. The van der Waals surface area contributed by atoms with E-state index >= 15 is 0 Å². The third-order valence-electron chi connectivity index (χ3n) is 3.14. The minimum atomic E-state index is -1.15. The van der Waals surface area contributed by atoms with Crippen molar-refractivity contribution in [1.82, 2.24) is 0 Å². The van der Waals surface area contributed by atoms with Crippen molar-refractivity contribution in [3.8, 4) is 0 Å². The first-order valence-corrected chi connectivity index (χ1v) is 12.4. The van der Waals surface area contributed by atoms with E-state index in [0.717, 1.165) is 17.4 Å². The highest BCUT2D eigenvalue weighted by molar-refractivity contribution is 7.88. The molecule has 20 heavy (non-hydrogen) atoms. The highest BCUT2D eigenvalue weighted by Gasteiger charge is 2.16. The molecule has 0 bridgehead atoms. The van der Waals surface area contributed by atoms with Gasteiger partial charge in [-0.25, -0.2) is 4.21 Å². The number of rotatable bonds is 7. The van der Waals surface area contributed by atoms with Crippen LogP contribution in [-0.2, 0) is 10.8 Å². The molecule has 1 atom stereocenters. The maximum atomic E-state index is 12.5. The van der Waals surface area contributed by atoms with Gasteiger partial charge in [0.15, 0.2) is 0 Å². The Kier molecular flexibility index (Phi) is 6.90. The summed E-state index contributed by atoms with van der Waals surface area (Å²) in [5.74, 6) is 0. The van der Waals surface area contributed by atoms with Gasteiger partial charge < -0.3 is 0 Å². The molecule has 1 rings (SSSR count). The molecule has 0 aliphatic heterocycles. The summed E-state index contributed by atoms with van der Waals surface area (Å²) >= 11 is 0. The van der Waals surface area contributed by atoms with Gasteiger partial charge in [-0.1, -0.05) is 56.3 Å². The molecule has 0 spiro atoms. The Morgan fingerprint density at radius 2 is 1.80 bits per heavy atom. The topological polar surface area (TPSA) is 17.1 Å². The Morgan fingerprint density at radius 1 is 1.20 bits per heavy atom. The van der Waals surface area contributed by atoms with Gasteiger partial charge in [-0.15, -0.1) is 0 Å². The smallest absolute Gasteiger partial charge is 0.0775 e. The van der Waals surface area contributed by atoms with Crippen molar-refractivity contribution in [2.75, 3.05) is 0 Å². The van der Waals surface area contributed by atoms with Crippen LogP contribution in [0.2, 0.25) is 25.7 Å². The highest BCUT2D eigenvalue weighted by atomic mass is 32.2. The van der Waals surface area contributed by atoms with Crippen LogP contribution in [0.15, 0.2) is 40.1 Å². The highest BCUT2D eigenvalue weighted by Crippen LogP contribution is 2.23. The quantitative estimate of drug-likeness (QED) is 0.607. The second-order valence-electron chi connectivity index (χ2n) is 6.73. The van der Waals surface area contributed by atoms with Crippen molar-refractivity contribution < 1.29 is 4.21 Å². The number of benzene rings is 1. The van der Waals surface area contributed by atoms with Crippen LogP contribution in [0.25, 0.3) is 0 Å². The van der Waals surface area contributed by atoms with Crippen LogP contribution < -0.4 is 0 Å². The number of aryl methyl sites for hydroxylation is 1. The Morgan fingerprint density at radius 3 is 2.30 bits per heavy atom. The summed E-state index contributed by atoms with van der Waals surface area (Å²) in [4.78, 5) is 0.917. The molecule has 0 amide bonds. The number of allylic oxidation sites excluding steroid dienone is 1. The van der Waals surface area contributed by atoms with E-state index in [1.54, 1.807) is 0 Å². The zero-order valence-electron chi connectivity index (χ0n) is 13.5. The van der Waals surface area contributed by atoms with E-state index in [-0.39, 0.29) is 0 Å². The third kappa shape index (κ3) is 6.66. The zero-order valence-corrected chi connectivity index (χ0v) is 15.3. The number of hydrogen-bond donors (Lipinski definition) is 0. The van der Waals surface area contributed by atoms with Gasteiger partial charge in [0, 0.05) is 18.4 Å². The molecule has 0 aliphatic rings. The molecule has 0 radical (unpaired) electrons. The predicted octanol–water partition coefficient (Wildman–Crippen LogP) is 5.51. The lowest BCUT2D eigenvalue weighted by atomic mass is 10.1. The fourth-order valence-corrected chi connectivity index (χ4v) is 5.00. The summed E-state index contributed by atoms with van der Waals surface area (Å²) in [6.45, 7) is 11.4. The van der Waals surface area contributed by atoms with Crippen LogP contribution in [0.1, 0.15) is 31.7 Å². The maximum Gasteiger partial charge on any atom is 0.0775 e. The van der Waals surface area contributed by atoms with Crippen LogP contribution in [0.5, 0.6) is 0 Å². The molecule has 1 aromatic rings. The fraction of sp³-hybridized carbons (Fsp3) is 0.529. The largest absolute Gasteiger partial charge is 0.250 e. The molecule has 1 aromatic carbocycles. The van der Waals surface area contributed by atoms with Gasteiger partial charge in [-0.3, -0.25) is 0 Å². The SMILES string of the molecule is CCCC/C(=C\S(=O)c1ccc(C)cc1)C[Si](C)(C)C. The molecule has 0 N–H and O–H groups in total. The number of hydrogen-bond acceptors (Lipinski definition) is 1. The monoisotopic (exact) mass is 308 g/mol. The lowest BCUT2D eigenvalue weighted by Crippen LogP contribution is -2.20. The van der Waals surface area contributed by atoms with E-state index in [9.17, 15) is 4.21 Å². The second kappa shape index (κ2) is 7.94. The van der Waals surface area contributed by atoms with Crippen LogP contribution in [-0.4, -0.2) is 12.3 Å². The molecule has 3 heteroatoms. The molecule has 1 unspecified atom stereocenters. The van der Waals surface area contributed by atoms with Crippen molar-refractivity contribution in [3.63, 3.8) is 0 Å². The molecule has 112 valence electrons. The third-order valence-corrected chi connectivity index (χ3v) is 5.93. The summed E-state index contributed by atoms with van der Waals surface area (Å²) in [5.41, 5.74) is 2.60. The molecule has 1 nitrogen and oxygen atoms in total. The minimum absolute atomic E-state index is 0.917. The summed E-state index contributed by atoms with van der Waals surface area (Å²) in [7, 11) is -2.15. The Labute approximate surface area is 128 Å². The van der Waals surface area contributed by atoms with Gasteiger partial charge in [0.05, 0.1) is 10.8 Å². The maximum absolute atomic E-state index is 12.5. The normalized spacial score (nSPS) is 14.3. The molecule has 0 aromatic heterocycles. The van der Waals surface area contributed by atoms with Crippen molar-refractivity contribution in [2.24, 2.45) is 0 Å². The van der Waals surface area contributed by atoms with Gasteiger partial charge in [0.2, 0.25) is 0 Å². The molecule has 0 saturated carbocycles. The fourth-order valence-electron chi connectivity index (χ4n) is 2.17. The standard InChI is InChI=1S/C17H28OSSi/c1-6-7-8-16(14-20(3,4)5)13-19(18)17-11-9-15(2)10-12-17/h9-13H,6-8,14H2,1-5H3/b16-13+. The van der Waals surface area contributed by atoms with Crippen molar-refractivity contribution >= 4 is 18.9 Å². The van der Waals surface area contributed by atoms with E-state index in [1.165, 1.54) is 24.0 Å². The summed E-state index contributed by atoms with van der Waals surface area (Å²) in [6.07, 6.45) is 3.49. The minimum Gasteiger partial charge on any atom is -0.250 e. The molecule has 0 saturated heterocycles. The second-order valence-corrected chi connectivity index (χ2v) is 13.5. The van der Waals surface area contributed by atoms with Crippen LogP contribution >= 0.6 is 0 Å². The van der Waals surface area contributed by atoms with E-state index in [0.29, 0.717) is 0 Å². The van der Waals surface area contributed by atoms with Crippen LogP contribution in [0, 0.1) is 6.92 Å². The molecular weight excluding hydrogens is 280 g/mol. The first-order chi connectivity index (χ1) is 9.31. The summed E-state index contributed by atoms with van der Waals surface area (Å²) < 4.78 is 12.5. The number of unbranched alkanes of at least 4 members (excludes halogenated alkanes) is 1.